The minimum atomic E-state index is -0.975. The Bertz CT molecular complexity index is 498. The van der Waals surface area contributed by atoms with Crippen molar-refractivity contribution in [1.82, 2.24) is 0 Å². The number of aliphatic carboxylic acids is 1. The largest absolute Gasteiger partial charge is 0.493 e. The predicted octanol–water partition coefficient (Wildman–Crippen LogP) is 3.11. The van der Waals surface area contributed by atoms with Crippen molar-refractivity contribution in [2.45, 2.75) is 32.6 Å². The second-order valence-electron chi connectivity index (χ2n) is 5.72. The number of hydrogen-bond donors (Lipinski definition) is 1. The van der Waals surface area contributed by atoms with E-state index in [9.17, 15) is 9.90 Å². The fraction of sp³-hybridized carbons (Fsp3) is 0.588. The molecule has 0 aromatic heterocycles. The molecule has 0 saturated heterocycles. The Morgan fingerprint density at radius 3 is 2.41 bits per heavy atom. The normalized spacial score (nSPS) is 13.7. The molecule has 0 heterocycles. The van der Waals surface area contributed by atoms with Gasteiger partial charge in [-0.2, -0.15) is 0 Å². The third kappa shape index (κ3) is 3.91. The van der Waals surface area contributed by atoms with Crippen molar-refractivity contribution in [3.8, 4) is 11.5 Å². The molecule has 0 radical (unpaired) electrons. The minimum absolute atomic E-state index is 0.0558. The summed E-state index contributed by atoms with van der Waals surface area (Å²) in [5, 5.41) is 9.63. The Kier molecular flexibility index (Phi) is 6.68. The number of carboxylic acid groups (broad SMARTS) is 1. The molecule has 1 rings (SSSR count). The van der Waals surface area contributed by atoms with Crippen LogP contribution in [0.25, 0.3) is 0 Å². The average molecular weight is 310 g/mol. The lowest BCUT2D eigenvalue weighted by Crippen LogP contribution is -2.37. The first-order chi connectivity index (χ1) is 10.4. The highest BCUT2D eigenvalue weighted by molar-refractivity contribution is 5.81. The maximum atomic E-state index is 11.7. The van der Waals surface area contributed by atoms with Gasteiger partial charge in [0.1, 0.15) is 0 Å². The van der Waals surface area contributed by atoms with Crippen LogP contribution in [0.5, 0.6) is 11.5 Å². The summed E-state index contributed by atoms with van der Waals surface area (Å²) in [7, 11) is 3.21. The van der Waals surface area contributed by atoms with Gasteiger partial charge in [0.25, 0.3) is 0 Å². The third-order valence-corrected chi connectivity index (χ3v) is 4.11. The Morgan fingerprint density at radius 2 is 1.91 bits per heavy atom. The van der Waals surface area contributed by atoms with E-state index < -0.39 is 11.4 Å². The molecule has 5 nitrogen and oxygen atoms in total. The summed E-state index contributed by atoms with van der Waals surface area (Å²) in [5.41, 5.74) is -0.269. The molecule has 5 heteroatoms. The average Bonchev–Trinajstić information content (AvgIpc) is 2.50. The maximum Gasteiger partial charge on any atom is 0.314 e. The van der Waals surface area contributed by atoms with E-state index >= 15 is 0 Å². The first kappa shape index (κ1) is 18.3. The zero-order chi connectivity index (χ0) is 16.8. The van der Waals surface area contributed by atoms with Crippen LogP contribution < -0.4 is 9.47 Å². The third-order valence-electron chi connectivity index (χ3n) is 4.11. The molecule has 1 aromatic carbocycles. The van der Waals surface area contributed by atoms with Crippen LogP contribution in [-0.4, -0.2) is 38.5 Å². The quantitative estimate of drug-likeness (QED) is 0.710. The number of carbonyl (C=O) groups is 1. The van der Waals surface area contributed by atoms with Crippen molar-refractivity contribution in [3.05, 3.63) is 23.8 Å². The first-order valence-corrected chi connectivity index (χ1v) is 7.41. The lowest BCUT2D eigenvalue weighted by Gasteiger charge is -2.30. The highest BCUT2D eigenvalue weighted by Crippen LogP contribution is 2.37. The van der Waals surface area contributed by atoms with Crippen LogP contribution in [0.15, 0.2) is 18.2 Å². The molecule has 22 heavy (non-hydrogen) atoms. The van der Waals surface area contributed by atoms with Gasteiger partial charge in [-0.1, -0.05) is 19.9 Å². The zero-order valence-electron chi connectivity index (χ0n) is 14.0. The summed E-state index contributed by atoms with van der Waals surface area (Å²) in [6.07, 6.45) is 0.754. The topological polar surface area (TPSA) is 65.0 Å². The van der Waals surface area contributed by atoms with Crippen LogP contribution in [0.3, 0.4) is 0 Å². The van der Waals surface area contributed by atoms with Crippen LogP contribution in [0.4, 0.5) is 0 Å². The van der Waals surface area contributed by atoms with Crippen molar-refractivity contribution in [2.24, 2.45) is 5.92 Å². The van der Waals surface area contributed by atoms with Crippen molar-refractivity contribution >= 4 is 5.97 Å². The van der Waals surface area contributed by atoms with Gasteiger partial charge in [-0.25, -0.2) is 0 Å². The fourth-order valence-corrected chi connectivity index (χ4v) is 2.20. The van der Waals surface area contributed by atoms with Gasteiger partial charge in [0.15, 0.2) is 11.5 Å². The van der Waals surface area contributed by atoms with Gasteiger partial charge in [0, 0.05) is 20.1 Å². The van der Waals surface area contributed by atoms with Crippen molar-refractivity contribution in [3.63, 3.8) is 0 Å². The van der Waals surface area contributed by atoms with E-state index in [4.69, 9.17) is 14.2 Å². The molecule has 0 amide bonds. The summed E-state index contributed by atoms with van der Waals surface area (Å²) in [5.74, 6) is 0.250. The molecule has 0 fully saturated rings. The Hall–Kier alpha value is -1.75. The maximum absolute atomic E-state index is 11.7. The van der Waals surface area contributed by atoms with Crippen molar-refractivity contribution in [2.75, 3.05) is 27.4 Å². The molecular formula is C17H26O5. The van der Waals surface area contributed by atoms with E-state index in [2.05, 4.69) is 0 Å². The molecule has 1 atom stereocenters. The number of methoxy groups -OCH3 is 2. The van der Waals surface area contributed by atoms with Gasteiger partial charge < -0.3 is 19.3 Å². The number of carboxylic acids is 1. The first-order valence-electron chi connectivity index (χ1n) is 7.41. The number of ether oxygens (including phenoxy) is 3. The highest BCUT2D eigenvalue weighted by atomic mass is 16.5. The summed E-state index contributed by atoms with van der Waals surface area (Å²) in [6.45, 7) is 6.63. The highest BCUT2D eigenvalue weighted by Gasteiger charge is 2.39. The van der Waals surface area contributed by atoms with E-state index in [0.29, 0.717) is 30.3 Å². The van der Waals surface area contributed by atoms with Gasteiger partial charge in [-0.05, 0) is 30.5 Å². The predicted molar refractivity (Wildman–Crippen MR) is 84.8 cm³/mol. The van der Waals surface area contributed by atoms with E-state index in [0.717, 1.165) is 6.42 Å². The zero-order valence-corrected chi connectivity index (χ0v) is 14.0. The van der Waals surface area contributed by atoms with Crippen molar-refractivity contribution < 1.29 is 24.1 Å². The lowest BCUT2D eigenvalue weighted by molar-refractivity contribution is -0.145. The lowest BCUT2D eigenvalue weighted by atomic mass is 9.73. The smallest absolute Gasteiger partial charge is 0.314 e. The minimum Gasteiger partial charge on any atom is -0.493 e. The van der Waals surface area contributed by atoms with E-state index in [1.807, 2.05) is 13.8 Å². The second kappa shape index (κ2) is 8.03. The second-order valence-corrected chi connectivity index (χ2v) is 5.72. The number of rotatable bonds is 9. The van der Waals surface area contributed by atoms with Crippen LogP contribution >= 0.6 is 0 Å². The number of benzene rings is 1. The standard InChI is InChI=1S/C17H26O5/c1-12(2)17(3,16(18)19)13-7-8-14(21-5)15(11-13)22-10-6-9-20-4/h7-8,11-12H,6,9-10H2,1-5H3,(H,18,19)/t17-/m0/s1. The molecule has 0 saturated carbocycles. The molecular weight excluding hydrogens is 284 g/mol. The summed E-state index contributed by atoms with van der Waals surface area (Å²) >= 11 is 0. The van der Waals surface area contributed by atoms with Crippen LogP contribution in [0, 0.1) is 5.92 Å². The monoisotopic (exact) mass is 310 g/mol. The van der Waals surface area contributed by atoms with Crippen molar-refractivity contribution in [1.29, 1.82) is 0 Å². The Labute approximate surface area is 132 Å². The molecule has 0 spiro atoms. The van der Waals surface area contributed by atoms with Gasteiger partial charge in [0.2, 0.25) is 0 Å². The molecule has 0 bridgehead atoms. The van der Waals surface area contributed by atoms with Crippen LogP contribution in [0.1, 0.15) is 32.8 Å². The van der Waals surface area contributed by atoms with Gasteiger partial charge in [-0.3, -0.25) is 4.79 Å². The van der Waals surface area contributed by atoms with E-state index in [-0.39, 0.29) is 5.92 Å². The fourth-order valence-electron chi connectivity index (χ4n) is 2.20. The molecule has 0 unspecified atom stereocenters. The van der Waals surface area contributed by atoms with Crippen LogP contribution in [-0.2, 0) is 14.9 Å². The molecule has 0 aliphatic rings. The Balaban J connectivity index is 3.10. The SMILES string of the molecule is COCCCOc1cc([C@@](C)(C(=O)O)C(C)C)ccc1OC. The van der Waals surface area contributed by atoms with E-state index in [1.54, 1.807) is 39.3 Å². The number of hydrogen-bond acceptors (Lipinski definition) is 4. The Morgan fingerprint density at radius 1 is 1.23 bits per heavy atom. The molecule has 0 aliphatic heterocycles. The molecule has 1 aromatic rings. The van der Waals surface area contributed by atoms with Gasteiger partial charge in [-0.15, -0.1) is 0 Å². The molecule has 0 aliphatic carbocycles. The molecule has 124 valence electrons. The van der Waals surface area contributed by atoms with Crippen LogP contribution in [0.2, 0.25) is 0 Å². The van der Waals surface area contributed by atoms with E-state index in [1.165, 1.54) is 0 Å². The van der Waals surface area contributed by atoms with Gasteiger partial charge in [0.05, 0.1) is 19.1 Å². The summed E-state index contributed by atoms with van der Waals surface area (Å²) in [4.78, 5) is 11.7. The summed E-state index contributed by atoms with van der Waals surface area (Å²) < 4.78 is 16.0. The van der Waals surface area contributed by atoms with Gasteiger partial charge >= 0.3 is 5.97 Å². The summed E-state index contributed by atoms with van der Waals surface area (Å²) in [6, 6.07) is 5.30. The molecule has 1 N–H and O–H groups in total.